The lowest BCUT2D eigenvalue weighted by Crippen LogP contribution is -2.51. The number of nitrogens with one attached hydrogen (secondary N) is 2. The third-order valence-corrected chi connectivity index (χ3v) is 6.68. The summed E-state index contributed by atoms with van der Waals surface area (Å²) < 4.78 is 17.9. The lowest BCUT2D eigenvalue weighted by Gasteiger charge is -2.28. The molecular formula is C25H35ClN6O5. The molecular weight excluding hydrogens is 500 g/mol. The van der Waals surface area contributed by atoms with Gasteiger partial charge in [0.2, 0.25) is 11.8 Å². The van der Waals surface area contributed by atoms with E-state index in [1.807, 2.05) is 0 Å². The number of anilines is 1. The van der Waals surface area contributed by atoms with Crippen LogP contribution in [0.25, 0.3) is 0 Å². The average Bonchev–Trinajstić information content (AvgIpc) is 3.76. The van der Waals surface area contributed by atoms with Crippen LogP contribution < -0.4 is 15.4 Å². The number of carbonyl (C=O) groups excluding carboxylic acids is 2. The Morgan fingerprint density at radius 1 is 1.16 bits per heavy atom. The van der Waals surface area contributed by atoms with Gasteiger partial charge in [-0.15, -0.1) is 10.2 Å². The highest BCUT2D eigenvalue weighted by Gasteiger charge is 2.48. The first-order chi connectivity index (χ1) is 17.6. The van der Waals surface area contributed by atoms with Crippen molar-refractivity contribution in [1.29, 1.82) is 0 Å². The van der Waals surface area contributed by atoms with E-state index in [1.165, 1.54) is 7.11 Å². The van der Waals surface area contributed by atoms with Crippen LogP contribution in [0.5, 0.6) is 5.88 Å². The molecule has 0 saturated heterocycles. The van der Waals surface area contributed by atoms with Crippen molar-refractivity contribution in [3.63, 3.8) is 0 Å². The summed E-state index contributed by atoms with van der Waals surface area (Å²) in [6.07, 6.45) is 6.94. The van der Waals surface area contributed by atoms with Crippen molar-refractivity contribution in [2.75, 3.05) is 26.1 Å². The van der Waals surface area contributed by atoms with E-state index in [1.54, 1.807) is 51.0 Å². The van der Waals surface area contributed by atoms with E-state index in [9.17, 15) is 9.59 Å². The molecule has 4 rings (SSSR count). The van der Waals surface area contributed by atoms with Gasteiger partial charge in [-0.05, 0) is 70.3 Å². The summed E-state index contributed by atoms with van der Waals surface area (Å²) in [7, 11) is 3.07. The number of alkyl carbamates (subject to hydrolysis) is 1. The average molecular weight is 535 g/mol. The number of methoxy groups -OCH3 is 2. The summed E-state index contributed by atoms with van der Waals surface area (Å²) in [6, 6.07) is 0.518. The van der Waals surface area contributed by atoms with Crippen molar-refractivity contribution in [3.05, 3.63) is 29.2 Å². The Hall–Kier alpha value is -2.92. The highest BCUT2D eigenvalue weighted by molar-refractivity contribution is 6.29. The number of halogens is 1. The van der Waals surface area contributed by atoms with Gasteiger partial charge < -0.3 is 24.8 Å². The summed E-state index contributed by atoms with van der Waals surface area (Å²) in [6.45, 7) is 5.65. The van der Waals surface area contributed by atoms with Crippen molar-refractivity contribution >= 4 is 29.3 Å². The molecule has 2 atom stereocenters. The first-order valence-corrected chi connectivity index (χ1v) is 12.9. The first-order valence-electron chi connectivity index (χ1n) is 12.5. The van der Waals surface area contributed by atoms with Crippen LogP contribution in [-0.4, -0.2) is 64.4 Å². The molecule has 0 spiro atoms. The van der Waals surface area contributed by atoms with Crippen LogP contribution >= 0.6 is 11.6 Å². The molecule has 0 aromatic carbocycles. The maximum Gasteiger partial charge on any atom is 0.408 e. The van der Waals surface area contributed by atoms with Gasteiger partial charge in [-0.25, -0.2) is 4.79 Å². The monoisotopic (exact) mass is 534 g/mol. The van der Waals surface area contributed by atoms with Crippen molar-refractivity contribution in [3.8, 4) is 5.88 Å². The van der Waals surface area contributed by atoms with Crippen LogP contribution in [0.1, 0.15) is 58.1 Å². The summed E-state index contributed by atoms with van der Waals surface area (Å²) >= 11 is 6.09. The number of hydrogen-bond donors (Lipinski definition) is 2. The Morgan fingerprint density at radius 2 is 1.84 bits per heavy atom. The molecule has 2 aliphatic carbocycles. The van der Waals surface area contributed by atoms with Gasteiger partial charge in [-0.3, -0.25) is 9.48 Å². The van der Waals surface area contributed by atoms with Crippen LogP contribution in [0.4, 0.5) is 10.5 Å². The second kappa shape index (κ2) is 11.2. The van der Waals surface area contributed by atoms with Crippen LogP contribution in [0, 0.1) is 17.8 Å². The van der Waals surface area contributed by atoms with Gasteiger partial charge in [-0.1, -0.05) is 11.6 Å². The van der Waals surface area contributed by atoms with Gasteiger partial charge in [-0.2, -0.15) is 5.10 Å². The fourth-order valence-electron chi connectivity index (χ4n) is 4.69. The van der Waals surface area contributed by atoms with Crippen LogP contribution in [0.3, 0.4) is 0 Å². The minimum Gasteiger partial charge on any atom is -0.480 e. The lowest BCUT2D eigenvalue weighted by molar-refractivity contribution is -0.120. The van der Waals surface area contributed by atoms with Crippen LogP contribution in [0.2, 0.25) is 5.15 Å². The zero-order valence-corrected chi connectivity index (χ0v) is 22.6. The Morgan fingerprint density at radius 3 is 2.41 bits per heavy atom. The van der Waals surface area contributed by atoms with Gasteiger partial charge in [0.05, 0.1) is 25.6 Å². The molecule has 2 aromatic heterocycles. The van der Waals surface area contributed by atoms with Crippen molar-refractivity contribution in [2.24, 2.45) is 17.8 Å². The van der Waals surface area contributed by atoms with Crippen molar-refractivity contribution in [1.82, 2.24) is 25.3 Å². The molecule has 2 saturated carbocycles. The number of amides is 2. The molecule has 0 bridgehead atoms. The SMILES string of the molecule is COCC(c1cc(Cl)nnc1OC)n1cc(NC(=O)[C@@H](NC(=O)OC(C)(C)C)C(C2CC2)C2CC2)cn1. The standard InChI is InChI=1S/C25H35ClN6O5/c1-25(2,3)37-24(34)29-21(20(14-6-7-14)15-8-9-15)22(33)28-16-11-27-32(12-16)18(13-35-4)17-10-19(26)30-31-23(17)36-5/h10-12,14-15,18,20-21H,6-9,13H2,1-5H3,(H,28,33)(H,29,34)/t18?,21-/m0/s1. The maximum atomic E-state index is 13.5. The number of rotatable bonds is 11. The van der Waals surface area contributed by atoms with Crippen molar-refractivity contribution in [2.45, 2.75) is 64.1 Å². The molecule has 2 heterocycles. The molecule has 2 amide bonds. The van der Waals surface area contributed by atoms with E-state index in [2.05, 4.69) is 25.9 Å². The minimum atomic E-state index is -0.698. The minimum absolute atomic E-state index is 0.0816. The molecule has 2 aliphatic rings. The number of hydrogen-bond acceptors (Lipinski definition) is 8. The predicted octanol–water partition coefficient (Wildman–Crippen LogP) is 3.84. The number of carbonyl (C=O) groups is 2. The molecule has 2 N–H and O–H groups in total. The second-order valence-corrected chi connectivity index (χ2v) is 11.1. The van der Waals surface area contributed by atoms with E-state index in [0.29, 0.717) is 29.0 Å². The quantitative estimate of drug-likeness (QED) is 0.445. The highest BCUT2D eigenvalue weighted by Crippen LogP contribution is 2.51. The molecule has 0 aliphatic heterocycles. The van der Waals surface area contributed by atoms with Crippen LogP contribution in [-0.2, 0) is 14.3 Å². The third kappa shape index (κ3) is 7.10. The largest absolute Gasteiger partial charge is 0.480 e. The maximum absolute atomic E-state index is 13.5. The molecule has 0 radical (unpaired) electrons. The summed E-state index contributed by atoms with van der Waals surface area (Å²) in [5.74, 6) is 0.958. The van der Waals surface area contributed by atoms with E-state index < -0.39 is 23.8 Å². The Kier molecular flexibility index (Phi) is 8.23. The van der Waals surface area contributed by atoms with E-state index >= 15 is 0 Å². The highest BCUT2D eigenvalue weighted by atomic mass is 35.5. The Labute approximate surface area is 221 Å². The lowest BCUT2D eigenvalue weighted by atomic mass is 9.89. The summed E-state index contributed by atoms with van der Waals surface area (Å²) in [5, 5.41) is 18.3. The molecule has 12 heteroatoms. The molecule has 11 nitrogen and oxygen atoms in total. The smallest absolute Gasteiger partial charge is 0.408 e. The third-order valence-electron chi connectivity index (χ3n) is 6.50. The summed E-state index contributed by atoms with van der Waals surface area (Å²) in [5.41, 5.74) is 0.458. The van der Waals surface area contributed by atoms with E-state index in [0.717, 1.165) is 25.7 Å². The van der Waals surface area contributed by atoms with Gasteiger partial charge in [0.15, 0.2) is 5.15 Å². The number of aromatic nitrogens is 4. The van der Waals surface area contributed by atoms with E-state index in [-0.39, 0.29) is 23.6 Å². The second-order valence-electron chi connectivity index (χ2n) is 10.7. The predicted molar refractivity (Wildman–Crippen MR) is 137 cm³/mol. The fraction of sp³-hybridized carbons (Fsp3) is 0.640. The fourth-order valence-corrected chi connectivity index (χ4v) is 4.84. The Balaban J connectivity index is 1.54. The molecule has 2 aromatic rings. The number of ether oxygens (including phenoxy) is 3. The number of nitrogens with zero attached hydrogens (tertiary/aromatic N) is 4. The molecule has 37 heavy (non-hydrogen) atoms. The normalized spacial score (nSPS) is 17.3. The van der Waals surface area contributed by atoms with Crippen molar-refractivity contribution < 1.29 is 23.8 Å². The van der Waals surface area contributed by atoms with E-state index in [4.69, 9.17) is 25.8 Å². The van der Waals surface area contributed by atoms with Crippen LogP contribution in [0.15, 0.2) is 18.5 Å². The zero-order chi connectivity index (χ0) is 26.7. The van der Waals surface area contributed by atoms with Gasteiger partial charge >= 0.3 is 6.09 Å². The summed E-state index contributed by atoms with van der Waals surface area (Å²) in [4.78, 5) is 26.2. The Bertz CT molecular complexity index is 1100. The topological polar surface area (TPSA) is 129 Å². The molecule has 2 fully saturated rings. The first kappa shape index (κ1) is 27.1. The van der Waals surface area contributed by atoms with Gasteiger partial charge in [0.25, 0.3) is 0 Å². The van der Waals surface area contributed by atoms with Gasteiger partial charge in [0, 0.05) is 18.9 Å². The van der Waals surface area contributed by atoms with Gasteiger partial charge in [0.1, 0.15) is 17.7 Å². The molecule has 1 unspecified atom stereocenters. The molecule has 202 valence electrons. The zero-order valence-electron chi connectivity index (χ0n) is 21.9.